The number of nitrogens with one attached hydrogen (secondary N) is 1. The Bertz CT molecular complexity index is 1200. The largest absolute Gasteiger partial charge is 0.481 e. The molecule has 4 rings (SSSR count). The summed E-state index contributed by atoms with van der Waals surface area (Å²) in [4.78, 5) is 29.7. The SMILES string of the molecule is O=C(O)CCNC(=O)c1ccc(N(Cc2ccc(-c3ccc(C(F)(F)F)cc3)cc2)C2CCCC2)nc1. The third-order valence-electron chi connectivity index (χ3n) is 6.55. The number of hydrogen-bond donors (Lipinski definition) is 2. The molecule has 9 heteroatoms. The average Bonchev–Trinajstić information content (AvgIpc) is 3.42. The molecule has 1 aliphatic carbocycles. The highest BCUT2D eigenvalue weighted by molar-refractivity contribution is 5.94. The first kappa shape index (κ1) is 26.2. The zero-order chi connectivity index (χ0) is 26.4. The van der Waals surface area contributed by atoms with Crippen molar-refractivity contribution in [1.29, 1.82) is 0 Å². The molecule has 0 spiro atoms. The van der Waals surface area contributed by atoms with Gasteiger partial charge in [0.2, 0.25) is 0 Å². The Balaban J connectivity index is 1.46. The highest BCUT2D eigenvalue weighted by Gasteiger charge is 2.30. The van der Waals surface area contributed by atoms with Gasteiger partial charge in [-0.1, -0.05) is 49.2 Å². The van der Waals surface area contributed by atoms with E-state index in [4.69, 9.17) is 5.11 Å². The highest BCUT2D eigenvalue weighted by atomic mass is 19.4. The topological polar surface area (TPSA) is 82.5 Å². The summed E-state index contributed by atoms with van der Waals surface area (Å²) in [6.45, 7) is 0.654. The van der Waals surface area contributed by atoms with Gasteiger partial charge in [0.15, 0.2) is 0 Å². The van der Waals surface area contributed by atoms with Gasteiger partial charge in [-0.05, 0) is 53.8 Å². The maximum absolute atomic E-state index is 12.9. The molecule has 0 bridgehead atoms. The molecule has 194 valence electrons. The van der Waals surface area contributed by atoms with Crippen LogP contribution >= 0.6 is 0 Å². The lowest BCUT2D eigenvalue weighted by atomic mass is 10.0. The van der Waals surface area contributed by atoms with Gasteiger partial charge in [-0.25, -0.2) is 4.98 Å². The van der Waals surface area contributed by atoms with Crippen molar-refractivity contribution in [2.45, 2.75) is 50.9 Å². The molecule has 0 saturated heterocycles. The molecule has 0 radical (unpaired) electrons. The smallest absolute Gasteiger partial charge is 0.416 e. The predicted octanol–water partition coefficient (Wildman–Crippen LogP) is 5.92. The Morgan fingerprint density at radius 2 is 1.57 bits per heavy atom. The number of halogens is 3. The van der Waals surface area contributed by atoms with E-state index in [1.54, 1.807) is 12.1 Å². The number of carboxylic acids is 1. The van der Waals surface area contributed by atoms with E-state index >= 15 is 0 Å². The highest BCUT2D eigenvalue weighted by Crippen LogP contribution is 2.32. The van der Waals surface area contributed by atoms with Crippen LogP contribution in [0.5, 0.6) is 0 Å². The Morgan fingerprint density at radius 1 is 0.946 bits per heavy atom. The minimum absolute atomic E-state index is 0.0482. The van der Waals surface area contributed by atoms with Crippen molar-refractivity contribution in [1.82, 2.24) is 10.3 Å². The van der Waals surface area contributed by atoms with E-state index in [0.29, 0.717) is 23.7 Å². The molecule has 0 atom stereocenters. The number of anilines is 1. The Labute approximate surface area is 213 Å². The lowest BCUT2D eigenvalue weighted by Gasteiger charge is -2.30. The summed E-state index contributed by atoms with van der Waals surface area (Å²) in [5, 5.41) is 11.3. The number of nitrogens with zero attached hydrogens (tertiary/aromatic N) is 2. The van der Waals surface area contributed by atoms with Crippen LogP contribution in [-0.2, 0) is 17.5 Å². The number of amides is 1. The van der Waals surface area contributed by atoms with E-state index in [0.717, 1.165) is 54.8 Å². The molecule has 3 aromatic rings. The maximum atomic E-state index is 12.9. The Kier molecular flexibility index (Phi) is 8.11. The number of carbonyl (C=O) groups is 2. The molecule has 1 saturated carbocycles. The number of carboxylic acid groups (broad SMARTS) is 1. The van der Waals surface area contributed by atoms with Gasteiger partial charge in [-0.3, -0.25) is 9.59 Å². The Morgan fingerprint density at radius 3 is 2.11 bits per heavy atom. The van der Waals surface area contributed by atoms with Crippen LogP contribution in [0.4, 0.5) is 19.0 Å². The van der Waals surface area contributed by atoms with Gasteiger partial charge in [0.25, 0.3) is 5.91 Å². The third-order valence-corrected chi connectivity index (χ3v) is 6.55. The van der Waals surface area contributed by atoms with Gasteiger partial charge in [0, 0.05) is 25.3 Å². The summed E-state index contributed by atoms with van der Waals surface area (Å²) in [6, 6.07) is 16.7. The van der Waals surface area contributed by atoms with E-state index in [-0.39, 0.29) is 18.9 Å². The molecule has 0 aliphatic heterocycles. The van der Waals surface area contributed by atoms with Crippen molar-refractivity contribution in [3.63, 3.8) is 0 Å². The molecular formula is C28H28F3N3O3. The van der Waals surface area contributed by atoms with Crippen LogP contribution in [-0.4, -0.2) is 34.6 Å². The van der Waals surface area contributed by atoms with Crippen LogP contribution in [0.2, 0.25) is 0 Å². The molecule has 1 fully saturated rings. The van der Waals surface area contributed by atoms with Crippen LogP contribution in [0.25, 0.3) is 11.1 Å². The number of benzene rings is 2. The summed E-state index contributed by atoms with van der Waals surface area (Å²) in [5.74, 6) is -0.597. The molecule has 0 unspecified atom stereocenters. The van der Waals surface area contributed by atoms with E-state index in [9.17, 15) is 22.8 Å². The van der Waals surface area contributed by atoms with Crippen molar-refractivity contribution < 1.29 is 27.9 Å². The molecule has 1 aromatic heterocycles. The zero-order valence-electron chi connectivity index (χ0n) is 20.2. The molecule has 1 heterocycles. The van der Waals surface area contributed by atoms with Crippen LogP contribution in [0, 0.1) is 0 Å². The maximum Gasteiger partial charge on any atom is 0.416 e. The second-order valence-corrected chi connectivity index (χ2v) is 9.14. The summed E-state index contributed by atoms with van der Waals surface area (Å²) >= 11 is 0. The Hall–Kier alpha value is -3.88. The molecule has 37 heavy (non-hydrogen) atoms. The van der Waals surface area contributed by atoms with Gasteiger partial charge in [-0.2, -0.15) is 13.2 Å². The second kappa shape index (κ2) is 11.5. The van der Waals surface area contributed by atoms with Crippen molar-refractivity contribution >= 4 is 17.7 Å². The third kappa shape index (κ3) is 6.87. The van der Waals surface area contributed by atoms with Crippen molar-refractivity contribution in [2.75, 3.05) is 11.4 Å². The normalized spacial score (nSPS) is 13.9. The average molecular weight is 512 g/mol. The predicted molar refractivity (Wildman–Crippen MR) is 134 cm³/mol. The van der Waals surface area contributed by atoms with Crippen LogP contribution < -0.4 is 10.2 Å². The first-order valence-electron chi connectivity index (χ1n) is 12.2. The molecule has 1 amide bonds. The van der Waals surface area contributed by atoms with Crippen molar-refractivity contribution in [3.05, 3.63) is 83.6 Å². The van der Waals surface area contributed by atoms with Crippen LogP contribution in [0.15, 0.2) is 66.9 Å². The monoisotopic (exact) mass is 511 g/mol. The summed E-state index contributed by atoms with van der Waals surface area (Å²) < 4.78 is 38.6. The number of aliphatic carboxylic acids is 1. The molecule has 6 nitrogen and oxygen atoms in total. The fourth-order valence-electron chi connectivity index (χ4n) is 4.54. The number of aromatic nitrogens is 1. The fourth-order valence-corrected chi connectivity index (χ4v) is 4.54. The standard InChI is InChI=1S/C28H28F3N3O3/c29-28(30,31)23-12-9-21(10-13-23)20-7-5-19(6-8-20)18-34(24-3-1-2-4-24)25-14-11-22(17-33-25)27(37)32-16-15-26(35)36/h5-14,17,24H,1-4,15-16,18H2,(H,32,37)(H,35,36). The first-order valence-corrected chi connectivity index (χ1v) is 12.2. The number of pyridine rings is 1. The second-order valence-electron chi connectivity index (χ2n) is 9.14. The molecule has 1 aliphatic rings. The van der Waals surface area contributed by atoms with Gasteiger partial charge in [0.05, 0.1) is 17.5 Å². The molecular weight excluding hydrogens is 483 g/mol. The number of rotatable bonds is 9. The minimum Gasteiger partial charge on any atom is -0.481 e. The summed E-state index contributed by atoms with van der Waals surface area (Å²) in [5.41, 5.74) is 2.28. The number of hydrogen-bond acceptors (Lipinski definition) is 4. The number of carbonyl (C=O) groups excluding carboxylic acids is 1. The lowest BCUT2D eigenvalue weighted by Crippen LogP contribution is -2.33. The van der Waals surface area contributed by atoms with Gasteiger partial charge >= 0.3 is 12.1 Å². The number of alkyl halides is 3. The van der Waals surface area contributed by atoms with Crippen LogP contribution in [0.1, 0.15) is 53.6 Å². The fraction of sp³-hybridized carbons (Fsp3) is 0.321. The van der Waals surface area contributed by atoms with Crippen molar-refractivity contribution in [3.8, 4) is 11.1 Å². The molecule has 2 aromatic carbocycles. The van der Waals surface area contributed by atoms with Gasteiger partial charge in [-0.15, -0.1) is 0 Å². The quantitative estimate of drug-likeness (QED) is 0.373. The van der Waals surface area contributed by atoms with Gasteiger partial charge in [0.1, 0.15) is 5.82 Å². The van der Waals surface area contributed by atoms with E-state index < -0.39 is 17.7 Å². The summed E-state index contributed by atoms with van der Waals surface area (Å²) in [7, 11) is 0. The van der Waals surface area contributed by atoms with Crippen LogP contribution in [0.3, 0.4) is 0 Å². The van der Waals surface area contributed by atoms with E-state index in [1.807, 2.05) is 24.3 Å². The lowest BCUT2D eigenvalue weighted by molar-refractivity contribution is -0.138. The minimum atomic E-state index is -4.36. The zero-order valence-corrected chi connectivity index (χ0v) is 20.2. The van der Waals surface area contributed by atoms with Gasteiger partial charge < -0.3 is 15.3 Å². The molecule has 2 N–H and O–H groups in total. The van der Waals surface area contributed by atoms with E-state index in [2.05, 4.69) is 15.2 Å². The van der Waals surface area contributed by atoms with E-state index in [1.165, 1.54) is 18.3 Å². The van der Waals surface area contributed by atoms with Crippen molar-refractivity contribution in [2.24, 2.45) is 0 Å². The summed E-state index contributed by atoms with van der Waals surface area (Å²) in [6.07, 6.45) is 1.36. The first-order chi connectivity index (χ1) is 17.7.